The maximum Gasteiger partial charge on any atom is 0.120 e. The Balaban J connectivity index is 1.93. The molecule has 1 aliphatic rings. The molecule has 0 radical (unpaired) electrons. The molecule has 0 amide bonds. The van der Waals surface area contributed by atoms with E-state index >= 15 is 0 Å². The molecule has 1 aromatic carbocycles. The summed E-state index contributed by atoms with van der Waals surface area (Å²) in [5.41, 5.74) is 0. The van der Waals surface area contributed by atoms with Crippen LogP contribution in [0.1, 0.15) is 13.3 Å². The molecule has 0 saturated heterocycles. The van der Waals surface area contributed by atoms with E-state index in [9.17, 15) is 0 Å². The summed E-state index contributed by atoms with van der Waals surface area (Å²) in [5, 5.41) is 4.04. The molecule has 1 N–H and O–H groups in total. The molecule has 2 rings (SSSR count). The standard InChI is InChI=1S/C14H18ClNO2/c1-2-16-13(14-7-4-8-17-14)10-18-12-6-3-5-11(15)9-12/h3,5-7,9,13,16H,2,4,8,10H2,1H3. The molecule has 0 bridgehead atoms. The number of likely N-dealkylation sites (N-methyl/N-ethyl adjacent to an activating group) is 1. The van der Waals surface area contributed by atoms with Crippen LogP contribution in [-0.4, -0.2) is 25.8 Å². The van der Waals surface area contributed by atoms with Gasteiger partial charge in [-0.15, -0.1) is 0 Å². The SMILES string of the molecule is CCNC(COc1cccc(Cl)c1)C1=CCCO1. The van der Waals surface area contributed by atoms with Crippen LogP contribution in [0.2, 0.25) is 5.02 Å². The third kappa shape index (κ3) is 3.65. The summed E-state index contributed by atoms with van der Waals surface area (Å²) in [7, 11) is 0. The van der Waals surface area contributed by atoms with Gasteiger partial charge < -0.3 is 14.8 Å². The summed E-state index contributed by atoms with van der Waals surface area (Å²) in [6.45, 7) is 4.26. The van der Waals surface area contributed by atoms with Crippen LogP contribution < -0.4 is 10.1 Å². The van der Waals surface area contributed by atoms with E-state index in [4.69, 9.17) is 21.1 Å². The van der Waals surface area contributed by atoms with Crippen molar-refractivity contribution < 1.29 is 9.47 Å². The van der Waals surface area contributed by atoms with Crippen LogP contribution in [0.15, 0.2) is 36.1 Å². The van der Waals surface area contributed by atoms with Crippen molar-refractivity contribution in [3.63, 3.8) is 0 Å². The van der Waals surface area contributed by atoms with Crippen molar-refractivity contribution >= 4 is 11.6 Å². The highest BCUT2D eigenvalue weighted by atomic mass is 35.5. The fourth-order valence-corrected chi connectivity index (χ4v) is 2.08. The van der Waals surface area contributed by atoms with Crippen LogP contribution in [0, 0.1) is 0 Å². The molecular weight excluding hydrogens is 250 g/mol. The average molecular weight is 268 g/mol. The van der Waals surface area contributed by atoms with Gasteiger partial charge in [-0.1, -0.05) is 24.6 Å². The van der Waals surface area contributed by atoms with Gasteiger partial charge in [0.05, 0.1) is 12.6 Å². The fraction of sp³-hybridized carbons (Fsp3) is 0.429. The number of rotatable bonds is 6. The topological polar surface area (TPSA) is 30.5 Å². The minimum atomic E-state index is 0.108. The Kier molecular flexibility index (Phi) is 4.90. The van der Waals surface area contributed by atoms with Crippen molar-refractivity contribution in [2.45, 2.75) is 19.4 Å². The van der Waals surface area contributed by atoms with Gasteiger partial charge >= 0.3 is 0 Å². The Morgan fingerprint density at radius 1 is 1.50 bits per heavy atom. The van der Waals surface area contributed by atoms with Crippen LogP contribution >= 0.6 is 11.6 Å². The lowest BCUT2D eigenvalue weighted by molar-refractivity contribution is 0.184. The first-order valence-corrected chi connectivity index (χ1v) is 6.62. The summed E-state index contributed by atoms with van der Waals surface area (Å²) in [6, 6.07) is 7.54. The highest BCUT2D eigenvalue weighted by molar-refractivity contribution is 6.30. The molecule has 0 saturated carbocycles. The summed E-state index contributed by atoms with van der Waals surface area (Å²) < 4.78 is 11.3. The molecule has 0 aliphatic carbocycles. The van der Waals surface area contributed by atoms with Crippen molar-refractivity contribution in [2.75, 3.05) is 19.8 Å². The van der Waals surface area contributed by atoms with E-state index in [1.165, 1.54) is 0 Å². The molecule has 4 heteroatoms. The van der Waals surface area contributed by atoms with Crippen molar-refractivity contribution in [2.24, 2.45) is 0 Å². The van der Waals surface area contributed by atoms with Crippen LogP contribution in [0.5, 0.6) is 5.75 Å². The number of halogens is 1. The summed E-state index contributed by atoms with van der Waals surface area (Å²) in [5.74, 6) is 1.77. The van der Waals surface area contributed by atoms with Gasteiger partial charge in [0.15, 0.2) is 0 Å². The van der Waals surface area contributed by atoms with Crippen molar-refractivity contribution in [1.82, 2.24) is 5.32 Å². The lowest BCUT2D eigenvalue weighted by Gasteiger charge is -2.19. The number of hydrogen-bond donors (Lipinski definition) is 1. The molecule has 1 atom stereocenters. The Labute approximate surface area is 113 Å². The zero-order valence-corrected chi connectivity index (χ0v) is 11.2. The summed E-state index contributed by atoms with van der Waals surface area (Å²) in [4.78, 5) is 0. The largest absolute Gasteiger partial charge is 0.496 e. The smallest absolute Gasteiger partial charge is 0.120 e. The predicted octanol–water partition coefficient (Wildman–Crippen LogP) is 3.00. The van der Waals surface area contributed by atoms with Gasteiger partial charge in [0.1, 0.15) is 18.1 Å². The molecule has 1 aliphatic heterocycles. The second kappa shape index (κ2) is 6.66. The molecular formula is C14H18ClNO2. The maximum atomic E-state index is 5.92. The number of hydrogen-bond acceptors (Lipinski definition) is 3. The van der Waals surface area contributed by atoms with Crippen LogP contribution in [0.4, 0.5) is 0 Å². The molecule has 0 aromatic heterocycles. The first-order valence-electron chi connectivity index (χ1n) is 6.24. The Hall–Kier alpha value is -1.19. The highest BCUT2D eigenvalue weighted by Crippen LogP contribution is 2.19. The van der Waals surface area contributed by atoms with E-state index in [0.717, 1.165) is 31.1 Å². The third-order valence-corrected chi connectivity index (χ3v) is 2.97. The molecule has 18 heavy (non-hydrogen) atoms. The second-order valence-electron chi connectivity index (χ2n) is 4.12. The molecule has 0 spiro atoms. The first kappa shape index (κ1) is 13.2. The third-order valence-electron chi connectivity index (χ3n) is 2.74. The molecule has 0 fully saturated rings. The normalized spacial score (nSPS) is 16.0. The van der Waals surface area contributed by atoms with Gasteiger partial charge in [-0.2, -0.15) is 0 Å². The first-order chi connectivity index (χ1) is 8.79. The lowest BCUT2D eigenvalue weighted by Crippen LogP contribution is -2.36. The maximum absolute atomic E-state index is 5.92. The van der Waals surface area contributed by atoms with E-state index in [1.807, 2.05) is 24.3 Å². The van der Waals surface area contributed by atoms with Crippen LogP contribution in [-0.2, 0) is 4.74 Å². The second-order valence-corrected chi connectivity index (χ2v) is 4.56. The number of nitrogens with one attached hydrogen (secondary N) is 1. The summed E-state index contributed by atoms with van der Waals surface area (Å²) in [6.07, 6.45) is 3.10. The van der Waals surface area contributed by atoms with Crippen LogP contribution in [0.3, 0.4) is 0 Å². The zero-order valence-electron chi connectivity index (χ0n) is 10.5. The number of ether oxygens (including phenoxy) is 2. The van der Waals surface area contributed by atoms with E-state index in [0.29, 0.717) is 11.6 Å². The van der Waals surface area contributed by atoms with Crippen molar-refractivity contribution in [3.05, 3.63) is 41.1 Å². The fourth-order valence-electron chi connectivity index (χ4n) is 1.90. The van der Waals surface area contributed by atoms with Gasteiger partial charge in [0.25, 0.3) is 0 Å². The van der Waals surface area contributed by atoms with E-state index in [2.05, 4.69) is 18.3 Å². The van der Waals surface area contributed by atoms with Gasteiger partial charge in [0, 0.05) is 11.4 Å². The Bertz CT molecular complexity index is 420. The van der Waals surface area contributed by atoms with Gasteiger partial charge in [-0.3, -0.25) is 0 Å². The zero-order chi connectivity index (χ0) is 12.8. The van der Waals surface area contributed by atoms with E-state index < -0.39 is 0 Å². The molecule has 1 aromatic rings. The van der Waals surface area contributed by atoms with Crippen LogP contribution in [0.25, 0.3) is 0 Å². The molecule has 3 nitrogen and oxygen atoms in total. The Morgan fingerprint density at radius 2 is 2.39 bits per heavy atom. The Morgan fingerprint density at radius 3 is 3.06 bits per heavy atom. The average Bonchev–Trinajstić information content (AvgIpc) is 2.88. The highest BCUT2D eigenvalue weighted by Gasteiger charge is 2.18. The van der Waals surface area contributed by atoms with E-state index in [-0.39, 0.29) is 6.04 Å². The lowest BCUT2D eigenvalue weighted by atomic mass is 10.2. The summed E-state index contributed by atoms with van der Waals surface area (Å²) >= 11 is 5.92. The predicted molar refractivity (Wildman–Crippen MR) is 73.1 cm³/mol. The van der Waals surface area contributed by atoms with Gasteiger partial charge in [0.2, 0.25) is 0 Å². The van der Waals surface area contributed by atoms with Crippen molar-refractivity contribution in [1.29, 1.82) is 0 Å². The monoisotopic (exact) mass is 267 g/mol. The van der Waals surface area contributed by atoms with E-state index in [1.54, 1.807) is 0 Å². The van der Waals surface area contributed by atoms with Gasteiger partial charge in [-0.25, -0.2) is 0 Å². The molecule has 1 heterocycles. The minimum absolute atomic E-state index is 0.108. The number of benzene rings is 1. The van der Waals surface area contributed by atoms with Gasteiger partial charge in [-0.05, 0) is 30.8 Å². The molecule has 1 unspecified atom stereocenters. The van der Waals surface area contributed by atoms with Crippen molar-refractivity contribution in [3.8, 4) is 5.75 Å². The molecule has 98 valence electrons. The quantitative estimate of drug-likeness (QED) is 0.860. The minimum Gasteiger partial charge on any atom is -0.496 e.